The lowest BCUT2D eigenvalue weighted by Gasteiger charge is -2.14. The van der Waals surface area contributed by atoms with Crippen LogP contribution in [0.4, 0.5) is 0 Å². The van der Waals surface area contributed by atoms with E-state index in [0.717, 1.165) is 10.0 Å². The summed E-state index contributed by atoms with van der Waals surface area (Å²) in [7, 11) is 0. The zero-order chi connectivity index (χ0) is 21.9. The van der Waals surface area contributed by atoms with E-state index in [2.05, 4.69) is 42.4 Å². The smallest absolute Gasteiger partial charge is 0.344 e. The number of carbonyl (C=O) groups excluding carboxylic acids is 2. The van der Waals surface area contributed by atoms with Gasteiger partial charge in [-0.15, -0.1) is 0 Å². The first kappa shape index (κ1) is 23.9. The fourth-order valence-corrected chi connectivity index (χ4v) is 3.24. The second-order valence-electron chi connectivity index (χ2n) is 5.95. The molecular formula is C21H22Br2N2O5. The molecule has 7 nitrogen and oxygen atoms in total. The van der Waals surface area contributed by atoms with Gasteiger partial charge < -0.3 is 14.2 Å². The molecule has 0 radical (unpaired) electrons. The van der Waals surface area contributed by atoms with Gasteiger partial charge in [-0.25, -0.2) is 10.2 Å². The topological polar surface area (TPSA) is 86.2 Å². The molecule has 30 heavy (non-hydrogen) atoms. The highest BCUT2D eigenvalue weighted by molar-refractivity contribution is 9.10. The minimum Gasteiger partial charge on any atom is -0.490 e. The summed E-state index contributed by atoms with van der Waals surface area (Å²) < 4.78 is 17.6. The molecule has 0 aliphatic rings. The molecule has 0 saturated heterocycles. The molecule has 0 saturated carbocycles. The summed E-state index contributed by atoms with van der Waals surface area (Å²) in [5.74, 6) is 0.137. The number of hydrogen-bond acceptors (Lipinski definition) is 6. The van der Waals surface area contributed by atoms with Crippen molar-refractivity contribution in [3.63, 3.8) is 0 Å². The van der Waals surface area contributed by atoms with Gasteiger partial charge in [0.2, 0.25) is 5.91 Å². The molecule has 0 unspecified atom stereocenters. The predicted octanol–water partition coefficient (Wildman–Crippen LogP) is 4.25. The van der Waals surface area contributed by atoms with Crippen LogP contribution >= 0.6 is 31.9 Å². The molecule has 9 heteroatoms. The summed E-state index contributed by atoms with van der Waals surface area (Å²) in [6.07, 6.45) is 1.72. The van der Waals surface area contributed by atoms with Gasteiger partial charge >= 0.3 is 5.97 Å². The molecule has 2 aromatic carbocycles. The number of hydrogen-bond donors (Lipinski definition) is 1. The zero-order valence-electron chi connectivity index (χ0n) is 16.6. The van der Waals surface area contributed by atoms with Crippen LogP contribution in [0.2, 0.25) is 0 Å². The number of halogens is 2. The van der Waals surface area contributed by atoms with E-state index in [1.54, 1.807) is 19.1 Å². The third-order valence-electron chi connectivity index (χ3n) is 3.65. The van der Waals surface area contributed by atoms with Crippen molar-refractivity contribution in [1.82, 2.24) is 5.43 Å². The summed E-state index contributed by atoms with van der Waals surface area (Å²) in [5.41, 5.74) is 4.07. The van der Waals surface area contributed by atoms with E-state index in [1.807, 2.05) is 31.2 Å². The van der Waals surface area contributed by atoms with Crippen LogP contribution in [-0.2, 0) is 20.7 Å². The minimum atomic E-state index is -0.467. The quantitative estimate of drug-likeness (QED) is 0.276. The molecule has 0 atom stereocenters. The maximum atomic E-state index is 12.0. The molecule has 160 valence electrons. The van der Waals surface area contributed by atoms with Gasteiger partial charge in [-0.3, -0.25) is 4.79 Å². The molecule has 0 spiro atoms. The lowest BCUT2D eigenvalue weighted by Crippen LogP contribution is -2.19. The molecule has 1 amide bonds. The number of nitrogens with zero attached hydrogens (tertiary/aromatic N) is 1. The standard InChI is InChI=1S/C21H22Br2N2O5/c1-3-28-18-10-15(9-17(23)21(18)30-13-20(27)29-4-2)12-24-25-19(26)11-14-5-7-16(22)8-6-14/h5-10,12H,3-4,11,13H2,1-2H3,(H,25,26)/b24-12-. The Morgan fingerprint density at radius 1 is 1.07 bits per heavy atom. The molecule has 0 aliphatic heterocycles. The number of benzene rings is 2. The summed E-state index contributed by atoms with van der Waals surface area (Å²) in [4.78, 5) is 23.6. The number of esters is 1. The SMILES string of the molecule is CCOC(=O)COc1c(Br)cc(/C=N\NC(=O)Cc2ccc(Br)cc2)cc1OCC. The van der Waals surface area contributed by atoms with E-state index in [1.165, 1.54) is 6.21 Å². The lowest BCUT2D eigenvalue weighted by atomic mass is 10.1. The molecule has 0 heterocycles. The van der Waals surface area contributed by atoms with E-state index in [9.17, 15) is 9.59 Å². The van der Waals surface area contributed by atoms with Gasteiger partial charge in [0.25, 0.3) is 0 Å². The van der Waals surface area contributed by atoms with Crippen LogP contribution in [0.15, 0.2) is 50.4 Å². The molecule has 0 aliphatic carbocycles. The average molecular weight is 542 g/mol. The Morgan fingerprint density at radius 2 is 1.80 bits per heavy atom. The first-order valence-electron chi connectivity index (χ1n) is 9.24. The van der Waals surface area contributed by atoms with E-state index in [-0.39, 0.29) is 25.5 Å². The van der Waals surface area contributed by atoms with Crippen LogP contribution in [0.3, 0.4) is 0 Å². The van der Waals surface area contributed by atoms with Crippen molar-refractivity contribution < 1.29 is 23.8 Å². The Labute approximate surface area is 192 Å². The van der Waals surface area contributed by atoms with Crippen molar-refractivity contribution in [2.75, 3.05) is 19.8 Å². The van der Waals surface area contributed by atoms with Gasteiger partial charge in [0, 0.05) is 4.47 Å². The number of amides is 1. The van der Waals surface area contributed by atoms with Crippen molar-refractivity contribution in [2.24, 2.45) is 5.10 Å². The van der Waals surface area contributed by atoms with Crippen molar-refractivity contribution in [3.8, 4) is 11.5 Å². The predicted molar refractivity (Wildman–Crippen MR) is 121 cm³/mol. The van der Waals surface area contributed by atoms with Gasteiger partial charge in [0.05, 0.1) is 30.3 Å². The van der Waals surface area contributed by atoms with Gasteiger partial charge in [0.1, 0.15) is 0 Å². The molecule has 0 aromatic heterocycles. The summed E-state index contributed by atoms with van der Waals surface area (Å²) in [5, 5.41) is 4.00. The van der Waals surface area contributed by atoms with Gasteiger partial charge in [0.15, 0.2) is 18.1 Å². The highest BCUT2D eigenvalue weighted by Crippen LogP contribution is 2.36. The molecule has 1 N–H and O–H groups in total. The second kappa shape index (κ2) is 12.3. The maximum absolute atomic E-state index is 12.0. The van der Waals surface area contributed by atoms with Crippen molar-refractivity contribution in [1.29, 1.82) is 0 Å². The van der Waals surface area contributed by atoms with Crippen molar-refractivity contribution in [3.05, 3.63) is 56.5 Å². The third-order valence-corrected chi connectivity index (χ3v) is 4.77. The largest absolute Gasteiger partial charge is 0.490 e. The Hall–Kier alpha value is -2.39. The first-order chi connectivity index (χ1) is 14.4. The van der Waals surface area contributed by atoms with Crippen LogP contribution in [0.25, 0.3) is 0 Å². The zero-order valence-corrected chi connectivity index (χ0v) is 19.8. The van der Waals surface area contributed by atoms with Crippen molar-refractivity contribution in [2.45, 2.75) is 20.3 Å². The molecule has 0 fully saturated rings. The number of carbonyl (C=O) groups is 2. The summed E-state index contributed by atoms with van der Waals surface area (Å²) in [6, 6.07) is 10.9. The average Bonchev–Trinajstić information content (AvgIpc) is 2.69. The fraction of sp³-hybridized carbons (Fsp3) is 0.286. The monoisotopic (exact) mass is 540 g/mol. The maximum Gasteiger partial charge on any atom is 0.344 e. The van der Waals surface area contributed by atoms with Crippen LogP contribution in [-0.4, -0.2) is 37.9 Å². The summed E-state index contributed by atoms with van der Waals surface area (Å²) in [6.45, 7) is 4.03. The molecular weight excluding hydrogens is 520 g/mol. The van der Waals surface area contributed by atoms with Crippen molar-refractivity contribution >= 4 is 50.0 Å². The van der Waals surface area contributed by atoms with E-state index in [0.29, 0.717) is 28.1 Å². The van der Waals surface area contributed by atoms with E-state index >= 15 is 0 Å². The Bertz CT molecular complexity index is 901. The number of ether oxygens (including phenoxy) is 3. The van der Waals surface area contributed by atoms with E-state index in [4.69, 9.17) is 14.2 Å². The summed E-state index contributed by atoms with van der Waals surface area (Å²) >= 11 is 6.78. The normalized spacial score (nSPS) is 10.7. The van der Waals surface area contributed by atoms with E-state index < -0.39 is 5.97 Å². The van der Waals surface area contributed by atoms with Crippen LogP contribution in [0.1, 0.15) is 25.0 Å². The number of hydrazone groups is 1. The highest BCUT2D eigenvalue weighted by Gasteiger charge is 2.14. The lowest BCUT2D eigenvalue weighted by molar-refractivity contribution is -0.145. The van der Waals surface area contributed by atoms with Crippen LogP contribution in [0, 0.1) is 0 Å². The fourth-order valence-electron chi connectivity index (χ4n) is 2.41. The minimum absolute atomic E-state index is 0.221. The first-order valence-corrected chi connectivity index (χ1v) is 10.8. The molecule has 0 bridgehead atoms. The number of nitrogens with one attached hydrogen (secondary N) is 1. The van der Waals surface area contributed by atoms with Crippen LogP contribution < -0.4 is 14.9 Å². The van der Waals surface area contributed by atoms with Gasteiger partial charge in [-0.1, -0.05) is 28.1 Å². The van der Waals surface area contributed by atoms with Gasteiger partial charge in [-0.2, -0.15) is 5.10 Å². The van der Waals surface area contributed by atoms with Gasteiger partial charge in [-0.05, 0) is 65.2 Å². The second-order valence-corrected chi connectivity index (χ2v) is 7.72. The molecule has 2 aromatic rings. The Balaban J connectivity index is 2.03. The highest BCUT2D eigenvalue weighted by atomic mass is 79.9. The Kier molecular flexibility index (Phi) is 9.82. The number of rotatable bonds is 10. The molecule has 2 rings (SSSR count). The van der Waals surface area contributed by atoms with Crippen LogP contribution in [0.5, 0.6) is 11.5 Å². The third kappa shape index (κ3) is 7.79. The Morgan fingerprint density at radius 3 is 2.47 bits per heavy atom.